The number of rotatable bonds is 7. The molecule has 3 N–H and O–H groups in total. The molecule has 0 saturated carbocycles. The fourth-order valence-corrected chi connectivity index (χ4v) is 3.08. The van der Waals surface area contributed by atoms with Crippen LogP contribution in [0.1, 0.15) is 18.9 Å². The zero-order chi connectivity index (χ0) is 21.0. The molecule has 0 radical (unpaired) electrons. The van der Waals surface area contributed by atoms with E-state index in [1.807, 2.05) is 24.3 Å². The van der Waals surface area contributed by atoms with Crippen LogP contribution >= 0.6 is 12.4 Å². The fraction of sp³-hybridized carbons (Fsp3) is 0.238. The highest BCUT2D eigenvalue weighted by Gasteiger charge is 2.36. The summed E-state index contributed by atoms with van der Waals surface area (Å²) in [4.78, 5) is 38.7. The SMILES string of the molecule is CCOC(=O)CCN1C(=O)CN(c2ccc(-c3ccc(C(=N)N)cc3)cc2)C1=O.Cl. The average Bonchev–Trinajstić information content (AvgIpc) is 3.00. The van der Waals surface area contributed by atoms with Crippen molar-refractivity contribution < 1.29 is 19.1 Å². The Kier molecular flexibility index (Phi) is 7.54. The molecule has 1 aliphatic rings. The lowest BCUT2D eigenvalue weighted by atomic mass is 10.0. The van der Waals surface area contributed by atoms with E-state index in [2.05, 4.69) is 0 Å². The molecule has 1 heterocycles. The number of hydrogen-bond donors (Lipinski definition) is 2. The number of amides is 3. The van der Waals surface area contributed by atoms with Crippen molar-refractivity contribution in [1.29, 1.82) is 5.41 Å². The number of nitrogens with one attached hydrogen (secondary N) is 1. The summed E-state index contributed by atoms with van der Waals surface area (Å²) in [7, 11) is 0. The van der Waals surface area contributed by atoms with Gasteiger partial charge in [0.2, 0.25) is 0 Å². The van der Waals surface area contributed by atoms with Crippen molar-refractivity contribution in [2.24, 2.45) is 5.73 Å². The summed E-state index contributed by atoms with van der Waals surface area (Å²) >= 11 is 0. The number of nitrogens with zero attached hydrogens (tertiary/aromatic N) is 2. The van der Waals surface area contributed by atoms with E-state index in [1.54, 1.807) is 31.2 Å². The van der Waals surface area contributed by atoms with Gasteiger partial charge in [0.05, 0.1) is 13.0 Å². The fourth-order valence-electron chi connectivity index (χ4n) is 3.08. The van der Waals surface area contributed by atoms with Crippen LogP contribution in [-0.4, -0.2) is 48.3 Å². The minimum absolute atomic E-state index is 0. The van der Waals surface area contributed by atoms with Gasteiger partial charge in [0.15, 0.2) is 0 Å². The van der Waals surface area contributed by atoms with E-state index in [0.717, 1.165) is 16.0 Å². The Balaban J connectivity index is 0.00000320. The predicted molar refractivity (Wildman–Crippen MR) is 116 cm³/mol. The predicted octanol–water partition coefficient (Wildman–Crippen LogP) is 2.78. The Morgan fingerprint density at radius 1 is 1.07 bits per heavy atom. The Morgan fingerprint density at radius 3 is 2.17 bits per heavy atom. The van der Waals surface area contributed by atoms with Crippen LogP contribution in [0.15, 0.2) is 48.5 Å². The number of nitrogens with two attached hydrogens (primary N) is 1. The summed E-state index contributed by atoms with van der Waals surface area (Å²) < 4.78 is 4.84. The minimum atomic E-state index is -0.446. The molecule has 0 spiro atoms. The Bertz CT molecular complexity index is 944. The number of hydrogen-bond acceptors (Lipinski definition) is 5. The smallest absolute Gasteiger partial charge is 0.331 e. The number of carbonyl (C=O) groups excluding carboxylic acids is 3. The molecule has 0 aliphatic carbocycles. The maximum absolute atomic E-state index is 12.6. The van der Waals surface area contributed by atoms with Gasteiger partial charge in [0.25, 0.3) is 5.91 Å². The number of anilines is 1. The van der Waals surface area contributed by atoms with E-state index in [1.165, 1.54) is 4.90 Å². The minimum Gasteiger partial charge on any atom is -0.466 e. The van der Waals surface area contributed by atoms with Crippen LogP contribution in [0.4, 0.5) is 10.5 Å². The molecule has 3 rings (SSSR count). The van der Waals surface area contributed by atoms with Crippen LogP contribution in [0, 0.1) is 5.41 Å². The zero-order valence-corrected chi connectivity index (χ0v) is 17.3. The zero-order valence-electron chi connectivity index (χ0n) is 16.5. The number of urea groups is 1. The van der Waals surface area contributed by atoms with Gasteiger partial charge in [0, 0.05) is 17.8 Å². The molecule has 2 aromatic rings. The molecule has 3 amide bonds. The molecule has 1 fully saturated rings. The number of imide groups is 1. The number of esters is 1. The van der Waals surface area contributed by atoms with Gasteiger partial charge < -0.3 is 10.5 Å². The van der Waals surface area contributed by atoms with Crippen LogP contribution in [0.5, 0.6) is 0 Å². The van der Waals surface area contributed by atoms with E-state index in [-0.39, 0.29) is 50.3 Å². The van der Waals surface area contributed by atoms with Crippen LogP contribution < -0.4 is 10.6 Å². The number of nitrogen functional groups attached to an aromatic ring is 1. The Morgan fingerprint density at radius 2 is 1.63 bits per heavy atom. The molecule has 9 heteroatoms. The summed E-state index contributed by atoms with van der Waals surface area (Å²) in [6, 6.07) is 14.1. The van der Waals surface area contributed by atoms with Gasteiger partial charge in [-0.05, 0) is 30.2 Å². The van der Waals surface area contributed by atoms with E-state index in [0.29, 0.717) is 11.3 Å². The highest BCUT2D eigenvalue weighted by Crippen LogP contribution is 2.26. The lowest BCUT2D eigenvalue weighted by molar-refractivity contribution is -0.143. The maximum atomic E-state index is 12.6. The van der Waals surface area contributed by atoms with E-state index < -0.39 is 12.0 Å². The molecular formula is C21H23ClN4O4. The van der Waals surface area contributed by atoms with Crippen LogP contribution in [0.3, 0.4) is 0 Å². The van der Waals surface area contributed by atoms with Gasteiger partial charge in [-0.3, -0.25) is 24.8 Å². The quantitative estimate of drug-likeness (QED) is 0.303. The lowest BCUT2D eigenvalue weighted by Gasteiger charge is -2.17. The summed E-state index contributed by atoms with van der Waals surface area (Å²) in [6.45, 7) is 1.91. The van der Waals surface area contributed by atoms with Crippen molar-refractivity contribution in [3.8, 4) is 11.1 Å². The summed E-state index contributed by atoms with van der Waals surface area (Å²) in [5, 5.41) is 7.44. The second kappa shape index (κ2) is 9.89. The molecule has 1 saturated heterocycles. The molecule has 1 aliphatic heterocycles. The first-order chi connectivity index (χ1) is 13.9. The monoisotopic (exact) mass is 430 g/mol. The van der Waals surface area contributed by atoms with Crippen molar-refractivity contribution in [2.75, 3.05) is 24.6 Å². The summed E-state index contributed by atoms with van der Waals surface area (Å²) in [5.41, 5.74) is 8.60. The van der Waals surface area contributed by atoms with Crippen molar-refractivity contribution in [3.63, 3.8) is 0 Å². The van der Waals surface area contributed by atoms with Crippen LogP contribution in [-0.2, 0) is 14.3 Å². The molecule has 0 bridgehead atoms. The molecule has 0 unspecified atom stereocenters. The van der Waals surface area contributed by atoms with Gasteiger partial charge in [-0.25, -0.2) is 4.79 Å². The standard InChI is InChI=1S/C21H22N4O4.ClH/c1-2-29-19(27)11-12-24-18(26)13-25(21(24)28)17-9-7-15(8-10-17)14-3-5-16(6-4-14)20(22)23;/h3-10H,2,11-13H2,1H3,(H3,22,23);1H. The highest BCUT2D eigenvalue weighted by atomic mass is 35.5. The first-order valence-electron chi connectivity index (χ1n) is 9.23. The number of ether oxygens (including phenoxy) is 1. The van der Waals surface area contributed by atoms with Crippen molar-refractivity contribution >= 4 is 41.8 Å². The third kappa shape index (κ3) is 4.96. The van der Waals surface area contributed by atoms with Gasteiger partial charge >= 0.3 is 12.0 Å². The second-order valence-corrected chi connectivity index (χ2v) is 6.51. The second-order valence-electron chi connectivity index (χ2n) is 6.51. The van der Waals surface area contributed by atoms with E-state index in [9.17, 15) is 14.4 Å². The largest absolute Gasteiger partial charge is 0.466 e. The number of benzene rings is 2. The van der Waals surface area contributed by atoms with Crippen molar-refractivity contribution in [3.05, 3.63) is 54.1 Å². The topological polar surface area (TPSA) is 117 Å². The number of amidine groups is 1. The van der Waals surface area contributed by atoms with Gasteiger partial charge in [-0.1, -0.05) is 36.4 Å². The van der Waals surface area contributed by atoms with Crippen molar-refractivity contribution in [2.45, 2.75) is 13.3 Å². The molecule has 2 aromatic carbocycles. The highest BCUT2D eigenvalue weighted by molar-refractivity contribution is 6.12. The van der Waals surface area contributed by atoms with Gasteiger partial charge in [-0.2, -0.15) is 0 Å². The molecule has 8 nitrogen and oxygen atoms in total. The lowest BCUT2D eigenvalue weighted by Crippen LogP contribution is -2.34. The van der Waals surface area contributed by atoms with E-state index >= 15 is 0 Å². The third-order valence-electron chi connectivity index (χ3n) is 4.61. The van der Waals surface area contributed by atoms with Gasteiger partial charge in [0.1, 0.15) is 12.4 Å². The van der Waals surface area contributed by atoms with E-state index in [4.69, 9.17) is 15.9 Å². The maximum Gasteiger partial charge on any atom is 0.331 e. The molecule has 0 aromatic heterocycles. The summed E-state index contributed by atoms with van der Waals surface area (Å²) in [6.07, 6.45) is -0.0195. The number of carbonyl (C=O) groups is 3. The van der Waals surface area contributed by atoms with Crippen molar-refractivity contribution in [1.82, 2.24) is 4.90 Å². The average molecular weight is 431 g/mol. The van der Waals surface area contributed by atoms with Crippen LogP contribution in [0.2, 0.25) is 0 Å². The normalized spacial score (nSPS) is 13.2. The number of halogens is 1. The summed E-state index contributed by atoms with van der Waals surface area (Å²) in [5.74, 6) is -0.772. The molecular weight excluding hydrogens is 408 g/mol. The third-order valence-corrected chi connectivity index (χ3v) is 4.61. The molecule has 30 heavy (non-hydrogen) atoms. The Labute approximate surface area is 180 Å². The van der Waals surface area contributed by atoms with Gasteiger partial charge in [-0.15, -0.1) is 12.4 Å². The Hall–Kier alpha value is -3.39. The first-order valence-corrected chi connectivity index (χ1v) is 9.23. The van der Waals surface area contributed by atoms with Crippen LogP contribution in [0.25, 0.3) is 11.1 Å². The molecule has 158 valence electrons. The first kappa shape index (κ1) is 22.9. The molecule has 0 atom stereocenters.